The topological polar surface area (TPSA) is 496 Å². The Bertz CT molecular complexity index is 2630. The molecule has 0 saturated carbocycles. The lowest BCUT2D eigenvalue weighted by Gasteiger charge is -2.34. The van der Waals surface area contributed by atoms with E-state index in [2.05, 4.69) is 47.9 Å². The number of hydrogen-bond acceptors (Lipinski definition) is 17. The second-order valence-electron chi connectivity index (χ2n) is 25.5. The summed E-state index contributed by atoms with van der Waals surface area (Å²) in [6.45, 7) is 16.2. The molecule has 3 aliphatic rings. The molecule has 0 bridgehead atoms. The van der Waals surface area contributed by atoms with Crippen LogP contribution in [0.4, 0.5) is 0 Å². The maximum Gasteiger partial charge on any atom is 0.326 e. The number of carbonyl (C=O) groups excluding carboxylic acids is 12. The van der Waals surface area contributed by atoms with Crippen molar-refractivity contribution < 1.29 is 87.2 Å². The quantitative estimate of drug-likeness (QED) is 0.0279. The van der Waals surface area contributed by atoms with Crippen LogP contribution in [0.2, 0.25) is 0 Å². The summed E-state index contributed by atoms with van der Waals surface area (Å²) < 4.78 is 0. The van der Waals surface area contributed by atoms with Crippen molar-refractivity contribution in [1.82, 2.24) is 63.0 Å². The fourth-order valence-corrected chi connectivity index (χ4v) is 11.1. The van der Waals surface area contributed by atoms with Crippen LogP contribution in [-0.4, -0.2) is 213 Å². The van der Waals surface area contributed by atoms with Gasteiger partial charge >= 0.3 is 17.9 Å². The molecular formula is C60H100N14O18. The summed E-state index contributed by atoms with van der Waals surface area (Å²) in [5, 5.41) is 54.7. The van der Waals surface area contributed by atoms with E-state index in [4.69, 9.17) is 11.5 Å². The van der Waals surface area contributed by atoms with Gasteiger partial charge in [-0.1, -0.05) is 55.4 Å². The highest BCUT2D eigenvalue weighted by molar-refractivity contribution is 6.00. The minimum Gasteiger partial charge on any atom is -0.481 e. The van der Waals surface area contributed by atoms with E-state index in [0.29, 0.717) is 32.2 Å². The zero-order chi connectivity index (χ0) is 69.3. The van der Waals surface area contributed by atoms with Gasteiger partial charge in [-0.05, 0) is 127 Å². The van der Waals surface area contributed by atoms with Crippen molar-refractivity contribution in [3.8, 4) is 0 Å². The third kappa shape index (κ3) is 25.2. The van der Waals surface area contributed by atoms with Crippen LogP contribution in [0.5, 0.6) is 0 Å². The Labute approximate surface area is 536 Å². The highest BCUT2D eigenvalue weighted by atomic mass is 16.4. The molecule has 0 spiro atoms. The fraction of sp³-hybridized carbons (Fsp3) is 0.750. The molecule has 12 amide bonds. The van der Waals surface area contributed by atoms with Gasteiger partial charge in [0.15, 0.2) is 0 Å². The summed E-state index contributed by atoms with van der Waals surface area (Å²) in [5.41, 5.74) is 11.0. The number of amides is 12. The zero-order valence-corrected chi connectivity index (χ0v) is 54.4. The molecule has 3 saturated heterocycles. The third-order valence-corrected chi connectivity index (χ3v) is 16.1. The van der Waals surface area contributed by atoms with Crippen LogP contribution in [0, 0.1) is 23.7 Å². The normalized spacial score (nSPS) is 19.3. The van der Waals surface area contributed by atoms with Crippen LogP contribution < -0.4 is 64.6 Å². The van der Waals surface area contributed by atoms with E-state index in [0.717, 1.165) is 6.42 Å². The number of carbonyl (C=O) groups is 15. The summed E-state index contributed by atoms with van der Waals surface area (Å²) in [5.74, 6) is -15.4. The maximum absolute atomic E-state index is 14.6. The van der Waals surface area contributed by atoms with Gasteiger partial charge in [-0.15, -0.1) is 0 Å². The average molecular weight is 1310 g/mol. The summed E-state index contributed by atoms with van der Waals surface area (Å²) in [7, 11) is 0. The number of aliphatic carboxylic acids is 3. The number of nitrogens with two attached hydrogens (primary N) is 2. The number of carboxylic acids is 3. The second-order valence-corrected chi connectivity index (χ2v) is 25.5. The summed E-state index contributed by atoms with van der Waals surface area (Å²) in [6, 6.07) is -15.3. The molecule has 92 heavy (non-hydrogen) atoms. The molecule has 518 valence electrons. The fourth-order valence-electron chi connectivity index (χ4n) is 11.1. The number of hydrogen-bond donors (Lipinski definition) is 15. The summed E-state index contributed by atoms with van der Waals surface area (Å²) in [6.07, 6.45) is 0.286. The van der Waals surface area contributed by atoms with Crippen molar-refractivity contribution in [2.45, 2.75) is 238 Å². The monoisotopic (exact) mass is 1300 g/mol. The largest absolute Gasteiger partial charge is 0.481 e. The first kappa shape index (κ1) is 78.2. The smallest absolute Gasteiger partial charge is 0.326 e. The van der Waals surface area contributed by atoms with Crippen LogP contribution in [0.3, 0.4) is 0 Å². The first-order valence-electron chi connectivity index (χ1n) is 31.9. The number of nitrogens with one attached hydrogen (secondary N) is 10. The van der Waals surface area contributed by atoms with Crippen LogP contribution >= 0.6 is 0 Å². The number of unbranched alkanes of at least 4 members (excludes halogenated alkanes) is 1. The van der Waals surface area contributed by atoms with Crippen LogP contribution in [0.25, 0.3) is 0 Å². The summed E-state index contributed by atoms with van der Waals surface area (Å²) >= 11 is 0. The number of carboxylic acid groups (broad SMARTS) is 3. The molecule has 12 atom stereocenters. The van der Waals surface area contributed by atoms with Crippen LogP contribution in [0.15, 0.2) is 0 Å². The number of primary amides is 1. The first-order chi connectivity index (χ1) is 43.2. The summed E-state index contributed by atoms with van der Waals surface area (Å²) in [4.78, 5) is 203. The van der Waals surface area contributed by atoms with Crippen molar-refractivity contribution in [2.24, 2.45) is 35.1 Å². The van der Waals surface area contributed by atoms with Gasteiger partial charge in [-0.25, -0.2) is 4.79 Å². The van der Waals surface area contributed by atoms with Gasteiger partial charge < -0.3 is 89.8 Å². The van der Waals surface area contributed by atoms with Gasteiger partial charge in [-0.2, -0.15) is 0 Å². The Morgan fingerprint density at radius 2 is 0.946 bits per heavy atom. The van der Waals surface area contributed by atoms with E-state index in [1.807, 2.05) is 5.32 Å². The Morgan fingerprint density at radius 3 is 1.45 bits per heavy atom. The zero-order valence-electron chi connectivity index (χ0n) is 54.4. The van der Waals surface area contributed by atoms with E-state index in [9.17, 15) is 87.2 Å². The molecule has 0 aromatic heterocycles. The molecule has 32 nitrogen and oxygen atoms in total. The second kappa shape index (κ2) is 38.1. The lowest BCUT2D eigenvalue weighted by molar-refractivity contribution is -0.147. The molecule has 3 rings (SSSR count). The molecule has 32 heteroatoms. The maximum atomic E-state index is 14.6. The molecule has 0 radical (unpaired) electrons. The molecule has 0 unspecified atom stereocenters. The van der Waals surface area contributed by atoms with E-state index in [1.54, 1.807) is 55.4 Å². The van der Waals surface area contributed by atoms with Gasteiger partial charge in [0.1, 0.15) is 66.5 Å². The molecule has 3 aliphatic heterocycles. The predicted molar refractivity (Wildman–Crippen MR) is 330 cm³/mol. The lowest BCUT2D eigenvalue weighted by Crippen LogP contribution is -2.61. The molecule has 0 aromatic carbocycles. The van der Waals surface area contributed by atoms with Crippen molar-refractivity contribution in [2.75, 3.05) is 26.2 Å². The van der Waals surface area contributed by atoms with Gasteiger partial charge in [0.25, 0.3) is 0 Å². The van der Waals surface area contributed by atoms with E-state index in [-0.39, 0.29) is 82.3 Å². The van der Waals surface area contributed by atoms with Crippen LogP contribution in [-0.2, 0) is 71.9 Å². The van der Waals surface area contributed by atoms with Crippen molar-refractivity contribution in [3.05, 3.63) is 0 Å². The Kier molecular flexibility index (Phi) is 32.4. The predicted octanol–water partition coefficient (Wildman–Crippen LogP) is -2.67. The molecule has 3 fully saturated rings. The SMILES string of the molecule is CC(C)C[C@H](NC(=O)[C@H](C)NC(=O)[C@@H]1CCCN1)C(=O)N[C@@H](CCC(=O)O)C(=O)N1CCC[C@H]1C(=O)N[C@H](C(=O)N1CCC[C@H]1C(=O)N[C@@H](CC(C)C)C(=O)N[C@H](C(=O)N[C@@H](CCCCN)C(=O)N[C@@H](CCC(N)=O)C(=O)N[C@@H](CC(=O)O)C(=O)O)C(C)C)C(C)C. The molecule has 0 aromatic rings. The minimum atomic E-state index is -1.91. The van der Waals surface area contributed by atoms with Gasteiger partial charge in [0.2, 0.25) is 70.9 Å². The Balaban J connectivity index is 1.81. The first-order valence-corrected chi connectivity index (χ1v) is 31.9. The standard InChI is InChI=1S/C60H100N14O18/c1-30(2)27-39(68-49(80)34(9)64-50(81)35-16-12-24-63-35)53(84)67-38(20-22-45(76)77)58(89)73-25-13-18-43(73)56(87)72-48(33(7)8)59(90)74-26-14-17-42(74)55(86)69-40(28-31(3)4)54(85)71-47(32(5)6)57(88)66-36(15-10-11-23-61)51(82)65-37(19-21-44(62)75)52(83)70-41(60(91)92)29-46(78)79/h30-43,47-48,63H,10-29,61H2,1-9H3,(H2,62,75)(H,64,81)(H,65,82)(H,66,88)(H,67,84)(H,68,80)(H,69,86)(H,70,83)(H,71,85)(H,72,87)(H,76,77)(H,78,79)(H,91,92)/t34-,35-,36-,37-,38-,39-,40-,41-,42-,43-,47-,48-/m0/s1. The molecular weight excluding hydrogens is 1200 g/mol. The lowest BCUT2D eigenvalue weighted by atomic mass is 9.98. The number of nitrogens with zero attached hydrogens (tertiary/aromatic N) is 2. The van der Waals surface area contributed by atoms with Crippen molar-refractivity contribution in [3.63, 3.8) is 0 Å². The van der Waals surface area contributed by atoms with Crippen LogP contribution in [0.1, 0.15) is 165 Å². The number of likely N-dealkylation sites (tertiary alicyclic amines) is 2. The molecule has 17 N–H and O–H groups in total. The van der Waals surface area contributed by atoms with Crippen molar-refractivity contribution in [1.29, 1.82) is 0 Å². The highest BCUT2D eigenvalue weighted by Crippen LogP contribution is 2.25. The van der Waals surface area contributed by atoms with E-state index >= 15 is 0 Å². The molecule has 0 aliphatic carbocycles. The Hall–Kier alpha value is -8.03. The van der Waals surface area contributed by atoms with Crippen molar-refractivity contribution >= 4 is 88.8 Å². The molecule has 3 heterocycles. The van der Waals surface area contributed by atoms with Gasteiger partial charge in [0, 0.05) is 25.9 Å². The number of rotatable bonds is 39. The highest BCUT2D eigenvalue weighted by Gasteiger charge is 2.44. The van der Waals surface area contributed by atoms with Gasteiger partial charge in [-0.3, -0.25) is 67.1 Å². The minimum absolute atomic E-state index is 0.0341. The third-order valence-electron chi connectivity index (χ3n) is 16.1. The Morgan fingerprint density at radius 1 is 0.467 bits per heavy atom. The van der Waals surface area contributed by atoms with Gasteiger partial charge in [0.05, 0.1) is 12.5 Å². The average Bonchev–Trinajstić information content (AvgIpc) is 2.12. The van der Waals surface area contributed by atoms with E-state index in [1.165, 1.54) is 16.7 Å². The van der Waals surface area contributed by atoms with E-state index < -0.39 is 193 Å².